The van der Waals surface area contributed by atoms with Crippen LogP contribution in [0.2, 0.25) is 0 Å². The van der Waals surface area contributed by atoms with Crippen LogP contribution in [0.3, 0.4) is 0 Å². The molecule has 0 radical (unpaired) electrons. The van der Waals surface area contributed by atoms with Gasteiger partial charge in [-0.25, -0.2) is 4.57 Å². The molecule has 0 fully saturated rings. The maximum atomic E-state index is 12.6. The molecule has 0 aliphatic heterocycles. The summed E-state index contributed by atoms with van der Waals surface area (Å²) >= 11 is 0. The lowest BCUT2D eigenvalue weighted by Gasteiger charge is -2.19. The number of carbonyl (C=O) groups is 2. The highest BCUT2D eigenvalue weighted by molar-refractivity contribution is 7.47. The van der Waals surface area contributed by atoms with Crippen molar-refractivity contribution in [3.8, 4) is 0 Å². The standard InChI is InChI=1S/C47H82NO8P/c1-3-5-7-9-11-13-15-17-19-21-22-24-26-28-30-32-34-36-38-40-47(50)56-45(44-55-57(51,52)54-42-41-48)43-53-46(49)39-37-35-33-31-29-27-25-23-20-18-16-14-12-10-8-6-4-2/h5,7,11,13,17-20,22,24,28,30,45H,3-4,6,8-10,12,14-16,21,23,25-27,29,31-44,48H2,1-2H3,(H,51,52). The van der Waals surface area contributed by atoms with Crippen LogP contribution in [-0.4, -0.2) is 49.3 Å². The molecule has 0 saturated heterocycles. The number of allylic oxidation sites excluding steroid dienone is 12. The third-order valence-corrected chi connectivity index (χ3v) is 10.1. The molecule has 9 nitrogen and oxygen atoms in total. The number of nitrogens with two attached hydrogens (primary N) is 1. The van der Waals surface area contributed by atoms with Crippen molar-refractivity contribution in [1.82, 2.24) is 0 Å². The van der Waals surface area contributed by atoms with Gasteiger partial charge < -0.3 is 20.1 Å². The number of esters is 2. The number of ether oxygens (including phenoxy) is 2. The van der Waals surface area contributed by atoms with Crippen molar-refractivity contribution in [2.24, 2.45) is 5.73 Å². The van der Waals surface area contributed by atoms with Crippen molar-refractivity contribution in [3.05, 3.63) is 72.9 Å². The molecule has 0 bridgehead atoms. The molecule has 2 unspecified atom stereocenters. The van der Waals surface area contributed by atoms with E-state index in [4.69, 9.17) is 24.3 Å². The Hall–Kier alpha value is -2.55. The molecule has 0 aromatic carbocycles. The highest BCUT2D eigenvalue weighted by Gasteiger charge is 2.26. The number of phosphoric ester groups is 1. The Bertz CT molecular complexity index is 1160. The Morgan fingerprint density at radius 2 is 0.965 bits per heavy atom. The van der Waals surface area contributed by atoms with Crippen molar-refractivity contribution in [2.45, 2.75) is 187 Å². The molecule has 0 aromatic heterocycles. The van der Waals surface area contributed by atoms with Crippen LogP contribution >= 0.6 is 7.82 Å². The number of carbonyl (C=O) groups excluding carboxylic acids is 2. The molecule has 0 rings (SSSR count). The van der Waals surface area contributed by atoms with Gasteiger partial charge in [0.15, 0.2) is 6.10 Å². The van der Waals surface area contributed by atoms with E-state index < -0.39 is 32.5 Å². The zero-order valence-corrected chi connectivity index (χ0v) is 36.9. The number of phosphoric acid groups is 1. The van der Waals surface area contributed by atoms with E-state index in [1.165, 1.54) is 64.2 Å². The summed E-state index contributed by atoms with van der Waals surface area (Å²) in [7, 11) is -4.39. The van der Waals surface area contributed by atoms with E-state index in [1.807, 2.05) is 0 Å². The van der Waals surface area contributed by atoms with Gasteiger partial charge in [-0.05, 0) is 83.5 Å². The predicted molar refractivity (Wildman–Crippen MR) is 238 cm³/mol. The smallest absolute Gasteiger partial charge is 0.462 e. The molecule has 328 valence electrons. The maximum absolute atomic E-state index is 12.6. The van der Waals surface area contributed by atoms with E-state index >= 15 is 0 Å². The fourth-order valence-electron chi connectivity index (χ4n) is 5.77. The van der Waals surface area contributed by atoms with Crippen LogP contribution in [0, 0.1) is 0 Å². The highest BCUT2D eigenvalue weighted by Crippen LogP contribution is 2.43. The van der Waals surface area contributed by atoms with Gasteiger partial charge in [-0.15, -0.1) is 0 Å². The first kappa shape index (κ1) is 54.5. The first-order chi connectivity index (χ1) is 27.8. The van der Waals surface area contributed by atoms with Gasteiger partial charge in [-0.2, -0.15) is 0 Å². The van der Waals surface area contributed by atoms with Crippen molar-refractivity contribution < 1.29 is 37.6 Å². The third-order valence-electron chi connectivity index (χ3n) is 9.08. The van der Waals surface area contributed by atoms with Gasteiger partial charge in [0.2, 0.25) is 0 Å². The van der Waals surface area contributed by atoms with Gasteiger partial charge in [0.1, 0.15) is 6.61 Å². The Morgan fingerprint density at radius 1 is 0.544 bits per heavy atom. The minimum Gasteiger partial charge on any atom is -0.462 e. The molecule has 57 heavy (non-hydrogen) atoms. The lowest BCUT2D eigenvalue weighted by molar-refractivity contribution is -0.161. The predicted octanol–water partition coefficient (Wildman–Crippen LogP) is 13.1. The van der Waals surface area contributed by atoms with Crippen LogP contribution < -0.4 is 5.73 Å². The molecule has 0 aliphatic carbocycles. The monoisotopic (exact) mass is 820 g/mol. The molecule has 0 heterocycles. The zero-order chi connectivity index (χ0) is 41.8. The lowest BCUT2D eigenvalue weighted by Crippen LogP contribution is -2.29. The van der Waals surface area contributed by atoms with Crippen LogP contribution in [-0.2, 0) is 32.7 Å². The van der Waals surface area contributed by atoms with Crippen LogP contribution in [0.25, 0.3) is 0 Å². The third kappa shape index (κ3) is 42.9. The summed E-state index contributed by atoms with van der Waals surface area (Å²) in [5, 5.41) is 0. The van der Waals surface area contributed by atoms with Gasteiger partial charge >= 0.3 is 19.8 Å². The van der Waals surface area contributed by atoms with E-state index in [0.29, 0.717) is 6.42 Å². The van der Waals surface area contributed by atoms with Crippen molar-refractivity contribution in [2.75, 3.05) is 26.4 Å². The van der Waals surface area contributed by atoms with Gasteiger partial charge in [0.05, 0.1) is 13.2 Å². The summed E-state index contributed by atoms with van der Waals surface area (Å²) in [5.74, 6) is -0.875. The molecule has 0 aliphatic rings. The fourth-order valence-corrected chi connectivity index (χ4v) is 6.54. The summed E-state index contributed by atoms with van der Waals surface area (Å²) in [6.07, 6.45) is 52.1. The average Bonchev–Trinajstić information content (AvgIpc) is 3.20. The van der Waals surface area contributed by atoms with Crippen molar-refractivity contribution in [3.63, 3.8) is 0 Å². The summed E-state index contributed by atoms with van der Waals surface area (Å²) < 4.78 is 32.8. The van der Waals surface area contributed by atoms with Gasteiger partial charge in [0, 0.05) is 19.4 Å². The van der Waals surface area contributed by atoms with Gasteiger partial charge in [-0.3, -0.25) is 18.6 Å². The summed E-state index contributed by atoms with van der Waals surface area (Å²) in [5.41, 5.74) is 5.35. The molecule has 0 amide bonds. The second kappa shape index (κ2) is 43.0. The molecule has 10 heteroatoms. The zero-order valence-electron chi connectivity index (χ0n) is 36.0. The maximum Gasteiger partial charge on any atom is 0.472 e. The molecule has 0 saturated carbocycles. The minimum absolute atomic E-state index is 0.0437. The molecule has 0 aromatic rings. The quantitative estimate of drug-likeness (QED) is 0.0267. The fraction of sp³-hybridized carbons (Fsp3) is 0.702. The van der Waals surface area contributed by atoms with E-state index in [9.17, 15) is 19.0 Å². The van der Waals surface area contributed by atoms with Gasteiger partial charge in [-0.1, -0.05) is 157 Å². The topological polar surface area (TPSA) is 134 Å². The molecular weight excluding hydrogens is 737 g/mol. The van der Waals surface area contributed by atoms with E-state index in [-0.39, 0.29) is 32.6 Å². The Morgan fingerprint density at radius 3 is 1.47 bits per heavy atom. The van der Waals surface area contributed by atoms with Crippen molar-refractivity contribution in [1.29, 1.82) is 0 Å². The number of rotatable bonds is 41. The SMILES string of the molecule is CCC=CCC=CCC=CCC=CCC=CCCCCCC(=O)OC(COC(=O)CCCCCCCCCC=CCCCCCCCC)COP(=O)(O)OCCN. The number of hydrogen-bond donors (Lipinski definition) is 2. The largest absolute Gasteiger partial charge is 0.472 e. The first-order valence-corrected chi connectivity index (χ1v) is 23.9. The molecule has 0 spiro atoms. The molecular formula is C47H82NO8P. The Balaban J connectivity index is 4.22. The Kier molecular flexibility index (Phi) is 41.1. The first-order valence-electron chi connectivity index (χ1n) is 22.4. The summed E-state index contributed by atoms with van der Waals surface area (Å²) in [4.78, 5) is 34.9. The van der Waals surface area contributed by atoms with Crippen molar-refractivity contribution >= 4 is 19.8 Å². The number of hydrogen-bond acceptors (Lipinski definition) is 8. The normalized spacial score (nSPS) is 14.0. The summed E-state index contributed by atoms with van der Waals surface area (Å²) in [6, 6.07) is 0. The second-order valence-corrected chi connectivity index (χ2v) is 16.0. The van der Waals surface area contributed by atoms with E-state index in [1.54, 1.807) is 0 Å². The van der Waals surface area contributed by atoms with Crippen LogP contribution in [0.5, 0.6) is 0 Å². The minimum atomic E-state index is -4.39. The molecule has 2 atom stereocenters. The number of unbranched alkanes of at least 4 members (excludes halogenated alkanes) is 16. The Labute approximate surface area is 348 Å². The van der Waals surface area contributed by atoms with E-state index in [2.05, 4.69) is 86.8 Å². The van der Waals surface area contributed by atoms with Crippen LogP contribution in [0.4, 0.5) is 0 Å². The van der Waals surface area contributed by atoms with E-state index in [0.717, 1.165) is 83.5 Å². The molecule has 3 N–H and O–H groups in total. The second-order valence-electron chi connectivity index (χ2n) is 14.5. The van der Waals surface area contributed by atoms with Crippen LogP contribution in [0.1, 0.15) is 181 Å². The average molecular weight is 820 g/mol. The highest BCUT2D eigenvalue weighted by atomic mass is 31.2. The van der Waals surface area contributed by atoms with Crippen LogP contribution in [0.15, 0.2) is 72.9 Å². The van der Waals surface area contributed by atoms with Gasteiger partial charge in [0.25, 0.3) is 0 Å². The lowest BCUT2D eigenvalue weighted by atomic mass is 10.1. The summed E-state index contributed by atoms with van der Waals surface area (Å²) in [6.45, 7) is 3.56.